The molecule has 0 fully saturated rings. The molecule has 0 bridgehead atoms. The third-order valence-electron chi connectivity index (χ3n) is 4.32. The molecule has 1 aliphatic rings. The van der Waals surface area contributed by atoms with E-state index in [1.54, 1.807) is 6.26 Å². The lowest BCUT2D eigenvalue weighted by Crippen LogP contribution is -2.29. The van der Waals surface area contributed by atoms with Gasteiger partial charge in [-0.15, -0.1) is 0 Å². The van der Waals surface area contributed by atoms with Gasteiger partial charge in [0.25, 0.3) is 0 Å². The van der Waals surface area contributed by atoms with Gasteiger partial charge in [0.15, 0.2) is 0 Å². The SMILES string of the molecule is Clc1ccc(COc2ccc(C3NCCc4occc43)cc2)cc1. The van der Waals surface area contributed by atoms with Crippen LogP contribution in [0.25, 0.3) is 0 Å². The number of rotatable bonds is 4. The Morgan fingerprint density at radius 1 is 1.04 bits per heavy atom. The van der Waals surface area contributed by atoms with Crippen LogP contribution in [0, 0.1) is 0 Å². The highest BCUT2D eigenvalue weighted by Gasteiger charge is 2.23. The molecule has 122 valence electrons. The predicted octanol–water partition coefficient (Wildman–Crippen LogP) is 4.75. The van der Waals surface area contributed by atoms with Crippen molar-refractivity contribution in [3.63, 3.8) is 0 Å². The summed E-state index contributed by atoms with van der Waals surface area (Å²) in [6, 6.07) is 18.2. The predicted molar refractivity (Wildman–Crippen MR) is 94.5 cm³/mol. The molecule has 3 aromatic rings. The second-order valence-electron chi connectivity index (χ2n) is 5.92. The molecular formula is C20H18ClNO2. The Hall–Kier alpha value is -2.23. The van der Waals surface area contributed by atoms with Crippen LogP contribution >= 0.6 is 11.6 Å². The zero-order chi connectivity index (χ0) is 16.4. The minimum absolute atomic E-state index is 0.192. The Morgan fingerprint density at radius 3 is 2.62 bits per heavy atom. The zero-order valence-electron chi connectivity index (χ0n) is 13.2. The third kappa shape index (κ3) is 3.18. The van der Waals surface area contributed by atoms with E-state index in [0.717, 1.165) is 35.1 Å². The van der Waals surface area contributed by atoms with Crippen LogP contribution in [0.4, 0.5) is 0 Å². The second kappa shape index (κ2) is 6.71. The highest BCUT2D eigenvalue weighted by molar-refractivity contribution is 6.30. The lowest BCUT2D eigenvalue weighted by atomic mass is 9.95. The fraction of sp³-hybridized carbons (Fsp3) is 0.200. The number of furan rings is 1. The van der Waals surface area contributed by atoms with Gasteiger partial charge in [0.1, 0.15) is 18.1 Å². The molecule has 0 amide bonds. The Balaban J connectivity index is 1.45. The van der Waals surface area contributed by atoms with Crippen molar-refractivity contribution in [3.8, 4) is 5.75 Å². The molecule has 24 heavy (non-hydrogen) atoms. The summed E-state index contributed by atoms with van der Waals surface area (Å²) in [6.45, 7) is 1.46. The van der Waals surface area contributed by atoms with Crippen LogP contribution in [0.5, 0.6) is 5.75 Å². The highest BCUT2D eigenvalue weighted by atomic mass is 35.5. The quantitative estimate of drug-likeness (QED) is 0.745. The first-order valence-corrected chi connectivity index (χ1v) is 8.44. The molecule has 0 spiro atoms. The standard InChI is InChI=1S/C20H18ClNO2/c21-16-5-1-14(2-6-16)13-24-17-7-3-15(4-8-17)20-18-10-12-23-19(18)9-11-22-20/h1-8,10,12,20,22H,9,11,13H2. The molecule has 4 heteroatoms. The van der Waals surface area contributed by atoms with E-state index in [4.69, 9.17) is 20.8 Å². The molecule has 0 radical (unpaired) electrons. The van der Waals surface area contributed by atoms with Gasteiger partial charge in [-0.3, -0.25) is 0 Å². The minimum Gasteiger partial charge on any atom is -0.489 e. The van der Waals surface area contributed by atoms with Gasteiger partial charge in [-0.2, -0.15) is 0 Å². The van der Waals surface area contributed by atoms with Gasteiger partial charge in [0.05, 0.1) is 12.3 Å². The smallest absolute Gasteiger partial charge is 0.119 e. The fourth-order valence-electron chi connectivity index (χ4n) is 3.05. The molecule has 0 saturated carbocycles. The van der Waals surface area contributed by atoms with Gasteiger partial charge >= 0.3 is 0 Å². The molecule has 1 atom stereocenters. The Morgan fingerprint density at radius 2 is 1.83 bits per heavy atom. The number of hydrogen-bond acceptors (Lipinski definition) is 3. The maximum atomic E-state index is 5.89. The topological polar surface area (TPSA) is 34.4 Å². The van der Waals surface area contributed by atoms with Gasteiger partial charge in [0.2, 0.25) is 0 Å². The molecule has 1 aromatic heterocycles. The Kier molecular flexibility index (Phi) is 4.28. The highest BCUT2D eigenvalue weighted by Crippen LogP contribution is 2.30. The van der Waals surface area contributed by atoms with E-state index < -0.39 is 0 Å². The summed E-state index contributed by atoms with van der Waals surface area (Å²) < 4.78 is 11.4. The second-order valence-corrected chi connectivity index (χ2v) is 6.36. The molecule has 1 unspecified atom stereocenters. The summed E-state index contributed by atoms with van der Waals surface area (Å²) in [5.41, 5.74) is 3.55. The van der Waals surface area contributed by atoms with E-state index in [2.05, 4.69) is 23.5 Å². The van der Waals surface area contributed by atoms with E-state index in [-0.39, 0.29) is 6.04 Å². The van der Waals surface area contributed by atoms with Crippen molar-refractivity contribution < 1.29 is 9.15 Å². The van der Waals surface area contributed by atoms with Crippen molar-refractivity contribution in [3.05, 3.63) is 88.3 Å². The molecule has 4 rings (SSSR count). The molecule has 3 nitrogen and oxygen atoms in total. The number of fused-ring (bicyclic) bond motifs is 1. The average Bonchev–Trinajstić information content (AvgIpc) is 3.10. The molecular weight excluding hydrogens is 322 g/mol. The van der Waals surface area contributed by atoms with E-state index in [9.17, 15) is 0 Å². The zero-order valence-corrected chi connectivity index (χ0v) is 13.9. The summed E-state index contributed by atoms with van der Waals surface area (Å²) in [4.78, 5) is 0. The number of ether oxygens (including phenoxy) is 1. The molecule has 0 saturated heterocycles. The van der Waals surface area contributed by atoms with Gasteiger partial charge in [0, 0.05) is 23.6 Å². The summed E-state index contributed by atoms with van der Waals surface area (Å²) in [6.07, 6.45) is 2.72. The van der Waals surface area contributed by atoms with Crippen LogP contribution in [-0.2, 0) is 13.0 Å². The number of halogens is 1. The summed E-state index contributed by atoms with van der Waals surface area (Å²) in [7, 11) is 0. The van der Waals surface area contributed by atoms with Crippen molar-refractivity contribution in [1.82, 2.24) is 5.32 Å². The molecule has 0 aliphatic carbocycles. The lowest BCUT2D eigenvalue weighted by molar-refractivity contribution is 0.306. The van der Waals surface area contributed by atoms with Crippen molar-refractivity contribution in [2.45, 2.75) is 19.1 Å². The van der Waals surface area contributed by atoms with Crippen molar-refractivity contribution >= 4 is 11.6 Å². The van der Waals surface area contributed by atoms with Crippen molar-refractivity contribution in [2.75, 3.05) is 6.54 Å². The first-order valence-electron chi connectivity index (χ1n) is 8.06. The summed E-state index contributed by atoms with van der Waals surface area (Å²) >= 11 is 5.89. The number of hydrogen-bond donors (Lipinski definition) is 1. The van der Waals surface area contributed by atoms with Gasteiger partial charge in [-0.1, -0.05) is 35.9 Å². The largest absolute Gasteiger partial charge is 0.489 e. The normalized spacial score (nSPS) is 16.6. The first kappa shape index (κ1) is 15.3. The van der Waals surface area contributed by atoms with E-state index in [0.29, 0.717) is 6.61 Å². The average molecular weight is 340 g/mol. The molecule has 2 aromatic carbocycles. The lowest BCUT2D eigenvalue weighted by Gasteiger charge is -2.23. The van der Waals surface area contributed by atoms with Crippen LogP contribution in [0.1, 0.15) is 28.5 Å². The van der Waals surface area contributed by atoms with E-state index in [1.807, 2.05) is 36.4 Å². The number of benzene rings is 2. The minimum atomic E-state index is 0.192. The molecule has 1 aliphatic heterocycles. The van der Waals surface area contributed by atoms with E-state index >= 15 is 0 Å². The van der Waals surface area contributed by atoms with Gasteiger partial charge in [-0.25, -0.2) is 0 Å². The fourth-order valence-corrected chi connectivity index (χ4v) is 3.18. The molecule has 2 heterocycles. The van der Waals surface area contributed by atoms with Crippen LogP contribution in [-0.4, -0.2) is 6.54 Å². The summed E-state index contributed by atoms with van der Waals surface area (Å²) in [5.74, 6) is 1.94. The monoisotopic (exact) mass is 339 g/mol. The van der Waals surface area contributed by atoms with Crippen LogP contribution in [0.3, 0.4) is 0 Å². The van der Waals surface area contributed by atoms with Gasteiger partial charge < -0.3 is 14.5 Å². The van der Waals surface area contributed by atoms with Crippen molar-refractivity contribution in [1.29, 1.82) is 0 Å². The maximum Gasteiger partial charge on any atom is 0.119 e. The van der Waals surface area contributed by atoms with Crippen LogP contribution in [0.15, 0.2) is 65.3 Å². The Bertz CT molecular complexity index is 808. The van der Waals surface area contributed by atoms with Crippen LogP contribution < -0.4 is 10.1 Å². The van der Waals surface area contributed by atoms with Crippen LogP contribution in [0.2, 0.25) is 5.02 Å². The Labute approximate surface area is 146 Å². The first-order chi connectivity index (χ1) is 11.8. The third-order valence-corrected chi connectivity index (χ3v) is 4.58. The van der Waals surface area contributed by atoms with Crippen molar-refractivity contribution in [2.24, 2.45) is 0 Å². The summed E-state index contributed by atoms with van der Waals surface area (Å²) in [5, 5.41) is 4.28. The van der Waals surface area contributed by atoms with E-state index in [1.165, 1.54) is 11.1 Å². The number of nitrogens with one attached hydrogen (secondary N) is 1. The molecule has 1 N–H and O–H groups in total. The van der Waals surface area contributed by atoms with Gasteiger partial charge in [-0.05, 0) is 41.5 Å². The maximum absolute atomic E-state index is 5.89.